The van der Waals surface area contributed by atoms with Gasteiger partial charge in [0.2, 0.25) is 5.91 Å². The molecule has 1 heterocycles. The zero-order chi connectivity index (χ0) is 17.3. The van der Waals surface area contributed by atoms with Crippen molar-refractivity contribution in [2.24, 2.45) is 0 Å². The number of carbonyl (C=O) groups excluding carboxylic acids is 2. The number of hydrogen-bond acceptors (Lipinski definition) is 2. The molecule has 0 saturated carbocycles. The predicted octanol–water partition coefficient (Wildman–Crippen LogP) is 3.47. The van der Waals surface area contributed by atoms with E-state index in [9.17, 15) is 9.59 Å². The Morgan fingerprint density at radius 3 is 2.75 bits per heavy atom. The van der Waals surface area contributed by atoms with Crippen molar-refractivity contribution < 1.29 is 9.59 Å². The van der Waals surface area contributed by atoms with Gasteiger partial charge in [-0.3, -0.25) is 9.59 Å². The molecule has 5 heteroatoms. The summed E-state index contributed by atoms with van der Waals surface area (Å²) in [5, 5.41) is 2.80. The first-order valence-electron chi connectivity index (χ1n) is 7.93. The summed E-state index contributed by atoms with van der Waals surface area (Å²) in [5.74, 6) is -0.313. The molecule has 0 aliphatic carbocycles. The van der Waals surface area contributed by atoms with E-state index in [0.717, 1.165) is 27.7 Å². The summed E-state index contributed by atoms with van der Waals surface area (Å²) in [6.45, 7) is 4.31. The Bertz CT molecular complexity index is 804. The quantitative estimate of drug-likeness (QED) is 0.877. The van der Waals surface area contributed by atoms with Crippen LogP contribution in [-0.2, 0) is 11.2 Å². The van der Waals surface area contributed by atoms with E-state index in [1.165, 1.54) is 0 Å². The lowest BCUT2D eigenvalue weighted by atomic mass is 10.1. The number of hydrogen-bond donors (Lipinski definition) is 1. The summed E-state index contributed by atoms with van der Waals surface area (Å²) in [7, 11) is 0. The topological polar surface area (TPSA) is 49.4 Å². The fourth-order valence-electron chi connectivity index (χ4n) is 2.96. The van der Waals surface area contributed by atoms with Crippen LogP contribution >= 0.6 is 15.9 Å². The second-order valence-electron chi connectivity index (χ2n) is 6.08. The SMILES string of the molecule is Cc1cccc(C(=O)NC(C)C(=O)N2CCc3cc(Br)ccc32)c1. The van der Waals surface area contributed by atoms with Crippen LogP contribution in [0.1, 0.15) is 28.4 Å². The van der Waals surface area contributed by atoms with Crippen LogP contribution in [0.15, 0.2) is 46.9 Å². The zero-order valence-corrected chi connectivity index (χ0v) is 15.3. The fourth-order valence-corrected chi connectivity index (χ4v) is 3.37. The smallest absolute Gasteiger partial charge is 0.251 e. The van der Waals surface area contributed by atoms with E-state index in [-0.39, 0.29) is 11.8 Å². The lowest BCUT2D eigenvalue weighted by molar-refractivity contribution is -0.119. The molecule has 0 spiro atoms. The maximum Gasteiger partial charge on any atom is 0.251 e. The first-order chi connectivity index (χ1) is 11.5. The van der Waals surface area contributed by atoms with Crippen molar-refractivity contribution in [1.82, 2.24) is 5.32 Å². The van der Waals surface area contributed by atoms with Gasteiger partial charge in [0.15, 0.2) is 0 Å². The van der Waals surface area contributed by atoms with Gasteiger partial charge in [-0.1, -0.05) is 33.6 Å². The molecule has 2 aromatic carbocycles. The van der Waals surface area contributed by atoms with Crippen molar-refractivity contribution in [3.8, 4) is 0 Å². The van der Waals surface area contributed by atoms with Gasteiger partial charge in [0.1, 0.15) is 6.04 Å². The number of benzene rings is 2. The molecule has 3 rings (SSSR count). The van der Waals surface area contributed by atoms with Crippen LogP contribution in [0.25, 0.3) is 0 Å². The molecule has 1 N–H and O–H groups in total. The van der Waals surface area contributed by atoms with Crippen molar-refractivity contribution >= 4 is 33.4 Å². The second kappa shape index (κ2) is 6.77. The number of rotatable bonds is 3. The van der Waals surface area contributed by atoms with Gasteiger partial charge in [0.25, 0.3) is 5.91 Å². The number of nitrogens with one attached hydrogen (secondary N) is 1. The number of halogens is 1. The van der Waals surface area contributed by atoms with Crippen LogP contribution in [-0.4, -0.2) is 24.4 Å². The Kier molecular flexibility index (Phi) is 4.71. The minimum absolute atomic E-state index is 0.0860. The number of carbonyl (C=O) groups is 2. The third-order valence-electron chi connectivity index (χ3n) is 4.20. The van der Waals surface area contributed by atoms with Crippen LogP contribution in [0, 0.1) is 6.92 Å². The van der Waals surface area contributed by atoms with E-state index < -0.39 is 6.04 Å². The minimum Gasteiger partial charge on any atom is -0.341 e. The highest BCUT2D eigenvalue weighted by molar-refractivity contribution is 9.10. The third kappa shape index (κ3) is 3.36. The third-order valence-corrected chi connectivity index (χ3v) is 4.69. The first kappa shape index (κ1) is 16.7. The molecular weight excluding hydrogens is 368 g/mol. The average Bonchev–Trinajstić information content (AvgIpc) is 2.96. The van der Waals surface area contributed by atoms with Crippen molar-refractivity contribution in [1.29, 1.82) is 0 Å². The molecule has 0 saturated heterocycles. The van der Waals surface area contributed by atoms with E-state index in [1.807, 2.05) is 43.3 Å². The molecule has 24 heavy (non-hydrogen) atoms. The maximum atomic E-state index is 12.7. The number of fused-ring (bicyclic) bond motifs is 1. The van der Waals surface area contributed by atoms with Crippen LogP contribution in [0.5, 0.6) is 0 Å². The zero-order valence-electron chi connectivity index (χ0n) is 13.7. The Morgan fingerprint density at radius 1 is 1.21 bits per heavy atom. The molecule has 0 fully saturated rings. The highest BCUT2D eigenvalue weighted by atomic mass is 79.9. The van der Waals surface area contributed by atoms with E-state index in [0.29, 0.717) is 12.1 Å². The van der Waals surface area contributed by atoms with Gasteiger partial charge >= 0.3 is 0 Å². The molecule has 1 unspecified atom stereocenters. The molecule has 124 valence electrons. The van der Waals surface area contributed by atoms with Gasteiger partial charge in [0.05, 0.1) is 0 Å². The van der Waals surface area contributed by atoms with Gasteiger partial charge in [0, 0.05) is 22.3 Å². The summed E-state index contributed by atoms with van der Waals surface area (Å²) < 4.78 is 1.01. The predicted molar refractivity (Wildman–Crippen MR) is 98.3 cm³/mol. The summed E-state index contributed by atoms with van der Waals surface area (Å²) >= 11 is 3.45. The molecule has 0 aromatic heterocycles. The van der Waals surface area contributed by atoms with Gasteiger partial charge in [-0.2, -0.15) is 0 Å². The van der Waals surface area contributed by atoms with E-state index in [2.05, 4.69) is 21.2 Å². The number of aryl methyl sites for hydroxylation is 1. The number of nitrogens with zero attached hydrogens (tertiary/aromatic N) is 1. The van der Waals surface area contributed by atoms with Crippen LogP contribution in [0.4, 0.5) is 5.69 Å². The molecule has 1 aliphatic heterocycles. The van der Waals surface area contributed by atoms with Crippen molar-refractivity contribution in [2.45, 2.75) is 26.3 Å². The van der Waals surface area contributed by atoms with Crippen molar-refractivity contribution in [2.75, 3.05) is 11.4 Å². The average molecular weight is 387 g/mol. The number of anilines is 1. The molecule has 0 radical (unpaired) electrons. The van der Waals surface area contributed by atoms with Gasteiger partial charge in [-0.15, -0.1) is 0 Å². The molecule has 2 aromatic rings. The highest BCUT2D eigenvalue weighted by Crippen LogP contribution is 2.30. The highest BCUT2D eigenvalue weighted by Gasteiger charge is 2.29. The van der Waals surface area contributed by atoms with E-state index >= 15 is 0 Å². The van der Waals surface area contributed by atoms with Crippen molar-refractivity contribution in [3.63, 3.8) is 0 Å². The Hall–Kier alpha value is -2.14. The minimum atomic E-state index is -0.576. The van der Waals surface area contributed by atoms with E-state index in [4.69, 9.17) is 0 Å². The molecule has 4 nitrogen and oxygen atoms in total. The number of amides is 2. The Morgan fingerprint density at radius 2 is 2.00 bits per heavy atom. The standard InChI is InChI=1S/C19H19BrN2O2/c1-12-4-3-5-15(10-12)18(23)21-13(2)19(24)22-9-8-14-11-16(20)6-7-17(14)22/h3-7,10-11,13H,8-9H2,1-2H3,(H,21,23). The van der Waals surface area contributed by atoms with E-state index in [1.54, 1.807) is 17.9 Å². The normalized spacial score (nSPS) is 14.2. The van der Waals surface area contributed by atoms with Gasteiger partial charge in [-0.05, 0) is 56.2 Å². The summed E-state index contributed by atoms with van der Waals surface area (Å²) in [4.78, 5) is 26.8. The van der Waals surface area contributed by atoms with Gasteiger partial charge in [-0.25, -0.2) is 0 Å². The molecule has 1 atom stereocenters. The molecule has 0 bridgehead atoms. The summed E-state index contributed by atoms with van der Waals surface area (Å²) in [6, 6.07) is 12.7. The summed E-state index contributed by atoms with van der Waals surface area (Å²) in [6.07, 6.45) is 0.832. The lowest BCUT2D eigenvalue weighted by Crippen LogP contribution is -2.46. The first-order valence-corrected chi connectivity index (χ1v) is 8.72. The van der Waals surface area contributed by atoms with Crippen molar-refractivity contribution in [3.05, 3.63) is 63.6 Å². The van der Waals surface area contributed by atoms with Gasteiger partial charge < -0.3 is 10.2 Å². The Balaban J connectivity index is 1.71. The second-order valence-corrected chi connectivity index (χ2v) is 6.99. The molecule has 2 amide bonds. The van der Waals surface area contributed by atoms with Crippen LogP contribution < -0.4 is 10.2 Å². The Labute approximate surface area is 150 Å². The summed E-state index contributed by atoms with van der Waals surface area (Å²) in [5.41, 5.74) is 3.66. The largest absolute Gasteiger partial charge is 0.341 e. The maximum absolute atomic E-state index is 12.7. The monoisotopic (exact) mass is 386 g/mol. The lowest BCUT2D eigenvalue weighted by Gasteiger charge is -2.22. The molecule has 1 aliphatic rings. The molecular formula is C19H19BrN2O2. The van der Waals surface area contributed by atoms with Crippen LogP contribution in [0.2, 0.25) is 0 Å². The fraction of sp³-hybridized carbons (Fsp3) is 0.263. The van der Waals surface area contributed by atoms with Crippen LogP contribution in [0.3, 0.4) is 0 Å².